The Labute approximate surface area is 125 Å². The van der Waals surface area contributed by atoms with Crippen molar-refractivity contribution >= 4 is 21.8 Å². The van der Waals surface area contributed by atoms with Crippen molar-refractivity contribution < 1.29 is 8.42 Å². The molecule has 1 atom stereocenters. The van der Waals surface area contributed by atoms with Gasteiger partial charge < -0.3 is 0 Å². The number of nitrogens with zero attached hydrogens (tertiary/aromatic N) is 2. The van der Waals surface area contributed by atoms with Crippen molar-refractivity contribution in [2.24, 2.45) is 0 Å². The largest absolute Gasteiger partial charge is 0.243 e. The minimum Gasteiger partial charge on any atom is -0.207 e. The van der Waals surface area contributed by atoms with Gasteiger partial charge in [0.2, 0.25) is 10.0 Å². The molecule has 20 heavy (non-hydrogen) atoms. The summed E-state index contributed by atoms with van der Waals surface area (Å²) in [7, 11) is -1.88. The van der Waals surface area contributed by atoms with Crippen LogP contribution >= 0.6 is 11.8 Å². The van der Waals surface area contributed by atoms with E-state index in [2.05, 4.69) is 6.92 Å². The zero-order valence-corrected chi connectivity index (χ0v) is 13.7. The zero-order chi connectivity index (χ0) is 15.2. The van der Waals surface area contributed by atoms with E-state index in [-0.39, 0.29) is 10.9 Å². The average molecular weight is 312 g/mol. The quantitative estimate of drug-likeness (QED) is 0.726. The smallest absolute Gasteiger partial charge is 0.207 e. The Kier molecular flexibility index (Phi) is 6.53. The molecule has 110 valence electrons. The first kappa shape index (κ1) is 17.0. The lowest BCUT2D eigenvalue weighted by molar-refractivity contribution is 0.382. The maximum Gasteiger partial charge on any atom is 0.243 e. The van der Waals surface area contributed by atoms with Gasteiger partial charge in [0.15, 0.2) is 0 Å². The number of benzene rings is 1. The van der Waals surface area contributed by atoms with Gasteiger partial charge in [0.05, 0.1) is 16.5 Å². The number of hydrogen-bond donors (Lipinski definition) is 0. The van der Waals surface area contributed by atoms with Crippen molar-refractivity contribution in [2.45, 2.75) is 31.2 Å². The molecule has 4 nitrogen and oxygen atoms in total. The standard InChI is InChI=1S/C14H20N2O2S2/c1-4-19-10-9-12(2)16(3)20(17,18)14-7-5-13(11-15)6-8-14/h5-8,12H,4,9-10H2,1-3H3/t12-/m1/s1. The molecule has 0 aliphatic rings. The molecule has 0 aliphatic carbocycles. The van der Waals surface area contributed by atoms with Crippen LogP contribution in [0.2, 0.25) is 0 Å². The van der Waals surface area contributed by atoms with Gasteiger partial charge >= 0.3 is 0 Å². The number of rotatable bonds is 7. The van der Waals surface area contributed by atoms with Crippen LogP contribution in [0, 0.1) is 11.3 Å². The third-order valence-corrected chi connectivity index (χ3v) is 6.08. The highest BCUT2D eigenvalue weighted by atomic mass is 32.2. The van der Waals surface area contributed by atoms with Crippen LogP contribution in [0.1, 0.15) is 25.8 Å². The van der Waals surface area contributed by atoms with Crippen LogP contribution in [0.5, 0.6) is 0 Å². The topological polar surface area (TPSA) is 61.2 Å². The van der Waals surface area contributed by atoms with Gasteiger partial charge in [-0.1, -0.05) is 6.92 Å². The molecular formula is C14H20N2O2S2. The molecular weight excluding hydrogens is 292 g/mol. The van der Waals surface area contributed by atoms with Gasteiger partial charge in [0.25, 0.3) is 0 Å². The first-order valence-corrected chi connectivity index (χ1v) is 9.09. The van der Waals surface area contributed by atoms with E-state index in [0.717, 1.165) is 17.9 Å². The summed E-state index contributed by atoms with van der Waals surface area (Å²) in [6, 6.07) is 7.95. The van der Waals surface area contributed by atoms with Crippen molar-refractivity contribution in [2.75, 3.05) is 18.6 Å². The summed E-state index contributed by atoms with van der Waals surface area (Å²) in [5, 5.41) is 8.74. The summed E-state index contributed by atoms with van der Waals surface area (Å²) in [6.07, 6.45) is 0.824. The number of thioether (sulfide) groups is 1. The van der Waals surface area contributed by atoms with E-state index in [0.29, 0.717) is 5.56 Å². The molecule has 0 radical (unpaired) electrons. The van der Waals surface area contributed by atoms with Crippen molar-refractivity contribution in [3.05, 3.63) is 29.8 Å². The van der Waals surface area contributed by atoms with Crippen LogP contribution in [0.4, 0.5) is 0 Å². The summed E-state index contributed by atoms with van der Waals surface area (Å²) in [6.45, 7) is 4.00. The fourth-order valence-corrected chi connectivity index (χ4v) is 3.87. The van der Waals surface area contributed by atoms with E-state index in [1.165, 1.54) is 28.6 Å². The lowest BCUT2D eigenvalue weighted by Crippen LogP contribution is -2.35. The van der Waals surface area contributed by atoms with Gasteiger partial charge in [-0.05, 0) is 49.1 Å². The molecule has 6 heteroatoms. The molecule has 0 fully saturated rings. The molecule has 1 rings (SSSR count). The summed E-state index contributed by atoms with van der Waals surface area (Å²) < 4.78 is 26.3. The van der Waals surface area contributed by atoms with Gasteiger partial charge in [0, 0.05) is 13.1 Å². The Morgan fingerprint density at radius 1 is 1.35 bits per heavy atom. The van der Waals surface area contributed by atoms with Crippen LogP contribution in [0.3, 0.4) is 0 Å². The second-order valence-corrected chi connectivity index (χ2v) is 7.88. The molecule has 1 aromatic rings. The SMILES string of the molecule is CCSCC[C@@H](C)N(C)S(=O)(=O)c1ccc(C#N)cc1. The molecule has 0 heterocycles. The van der Waals surface area contributed by atoms with Crippen LogP contribution in [-0.4, -0.2) is 37.3 Å². The number of sulfonamides is 1. The first-order valence-electron chi connectivity index (χ1n) is 6.49. The van der Waals surface area contributed by atoms with Crippen LogP contribution in [-0.2, 0) is 10.0 Å². The van der Waals surface area contributed by atoms with Gasteiger partial charge in [0.1, 0.15) is 0 Å². The van der Waals surface area contributed by atoms with Crippen LogP contribution < -0.4 is 0 Å². The molecule has 0 saturated heterocycles. The Balaban J connectivity index is 2.83. The summed E-state index contributed by atoms with van der Waals surface area (Å²) >= 11 is 1.81. The highest BCUT2D eigenvalue weighted by molar-refractivity contribution is 7.99. The lowest BCUT2D eigenvalue weighted by atomic mass is 10.2. The highest BCUT2D eigenvalue weighted by Crippen LogP contribution is 2.19. The second kappa shape index (κ2) is 7.67. The third-order valence-electron chi connectivity index (χ3n) is 3.17. The van der Waals surface area contributed by atoms with E-state index < -0.39 is 10.0 Å². The predicted molar refractivity (Wildman–Crippen MR) is 83.2 cm³/mol. The number of hydrogen-bond acceptors (Lipinski definition) is 4. The maximum absolute atomic E-state index is 12.4. The van der Waals surface area contributed by atoms with Crippen molar-refractivity contribution in [3.8, 4) is 6.07 Å². The minimum absolute atomic E-state index is 0.0466. The molecule has 0 bridgehead atoms. The fraction of sp³-hybridized carbons (Fsp3) is 0.500. The highest BCUT2D eigenvalue weighted by Gasteiger charge is 2.24. The van der Waals surface area contributed by atoms with Crippen molar-refractivity contribution in [1.29, 1.82) is 5.26 Å². The Bertz CT molecular complexity index is 562. The first-order chi connectivity index (χ1) is 9.43. The average Bonchev–Trinajstić information content (AvgIpc) is 2.46. The minimum atomic E-state index is -3.49. The Morgan fingerprint density at radius 2 is 1.95 bits per heavy atom. The Hall–Kier alpha value is -1.03. The molecule has 0 spiro atoms. The van der Waals surface area contributed by atoms with Gasteiger partial charge in [-0.25, -0.2) is 8.42 Å². The molecule has 0 N–H and O–H groups in total. The molecule has 0 aromatic heterocycles. The maximum atomic E-state index is 12.4. The van der Waals surface area contributed by atoms with E-state index in [1.807, 2.05) is 24.8 Å². The van der Waals surface area contributed by atoms with E-state index >= 15 is 0 Å². The molecule has 0 amide bonds. The van der Waals surface area contributed by atoms with Gasteiger partial charge in [-0.2, -0.15) is 21.3 Å². The lowest BCUT2D eigenvalue weighted by Gasteiger charge is -2.24. The van der Waals surface area contributed by atoms with Crippen molar-refractivity contribution in [3.63, 3.8) is 0 Å². The number of nitriles is 1. The van der Waals surface area contributed by atoms with E-state index in [1.54, 1.807) is 7.05 Å². The Morgan fingerprint density at radius 3 is 2.45 bits per heavy atom. The molecule has 0 saturated carbocycles. The molecule has 0 unspecified atom stereocenters. The summed E-state index contributed by atoms with van der Waals surface area (Å²) in [4.78, 5) is 0.231. The third kappa shape index (κ3) is 4.23. The van der Waals surface area contributed by atoms with Crippen LogP contribution in [0.25, 0.3) is 0 Å². The van der Waals surface area contributed by atoms with E-state index in [4.69, 9.17) is 5.26 Å². The molecule has 0 aliphatic heterocycles. The normalized spacial score (nSPS) is 13.2. The van der Waals surface area contributed by atoms with Crippen molar-refractivity contribution in [1.82, 2.24) is 4.31 Å². The predicted octanol–water partition coefficient (Wildman–Crippen LogP) is 2.71. The summed E-state index contributed by atoms with van der Waals surface area (Å²) in [5.41, 5.74) is 0.457. The van der Waals surface area contributed by atoms with Gasteiger partial charge in [-0.3, -0.25) is 0 Å². The van der Waals surface area contributed by atoms with Crippen LogP contribution in [0.15, 0.2) is 29.2 Å². The summed E-state index contributed by atoms with van der Waals surface area (Å²) in [5.74, 6) is 1.99. The fourth-order valence-electron chi connectivity index (χ4n) is 1.68. The second-order valence-electron chi connectivity index (χ2n) is 4.49. The molecule has 1 aromatic carbocycles. The monoisotopic (exact) mass is 312 g/mol. The van der Waals surface area contributed by atoms with Gasteiger partial charge in [-0.15, -0.1) is 0 Å². The van der Waals surface area contributed by atoms with E-state index in [9.17, 15) is 8.42 Å². The zero-order valence-electron chi connectivity index (χ0n) is 12.0.